The van der Waals surface area contributed by atoms with E-state index in [2.05, 4.69) is 34.6 Å². The molecule has 1 saturated heterocycles. The minimum Gasteiger partial charge on any atom is -0.383 e. The number of carbonyl (C=O) groups is 1. The summed E-state index contributed by atoms with van der Waals surface area (Å²) in [5.41, 5.74) is 2.97. The van der Waals surface area contributed by atoms with Crippen molar-refractivity contribution in [3.8, 4) is 11.1 Å². The van der Waals surface area contributed by atoms with Gasteiger partial charge in [0.1, 0.15) is 0 Å². The van der Waals surface area contributed by atoms with Crippen LogP contribution in [0.3, 0.4) is 0 Å². The lowest BCUT2D eigenvalue weighted by Crippen LogP contribution is -2.49. The van der Waals surface area contributed by atoms with Crippen molar-refractivity contribution in [3.05, 3.63) is 54.4 Å². The summed E-state index contributed by atoms with van der Waals surface area (Å²) < 4.78 is 10.7. The number of nitrogens with one attached hydrogen (secondary N) is 1. The Morgan fingerprint density at radius 1 is 1.22 bits per heavy atom. The molecule has 1 atom stereocenters. The maximum atomic E-state index is 13.1. The van der Waals surface area contributed by atoms with Crippen LogP contribution in [0.4, 0.5) is 0 Å². The normalized spacial score (nSPS) is 17.3. The molecule has 0 bridgehead atoms. The summed E-state index contributed by atoms with van der Waals surface area (Å²) in [5, 5.41) is 3.12. The van der Waals surface area contributed by atoms with Crippen LogP contribution in [0.15, 0.2) is 48.8 Å². The van der Waals surface area contributed by atoms with E-state index in [4.69, 9.17) is 9.47 Å². The summed E-state index contributed by atoms with van der Waals surface area (Å²) in [7, 11) is 1.65. The molecule has 0 unspecified atom stereocenters. The number of amides is 1. The van der Waals surface area contributed by atoms with Crippen LogP contribution < -0.4 is 5.32 Å². The van der Waals surface area contributed by atoms with Gasteiger partial charge in [0.05, 0.1) is 12.0 Å². The molecule has 27 heavy (non-hydrogen) atoms. The summed E-state index contributed by atoms with van der Waals surface area (Å²) in [6, 6.07) is 12.4. The SMILES string of the molecule is COC[C@H](C)NC(=O)C1(Cc2ccc(-c3cccnc3)cc2)CCOCC1. The molecule has 1 aliphatic heterocycles. The minimum absolute atomic E-state index is 0.00447. The molecular formula is C22H28N2O3. The zero-order valence-electron chi connectivity index (χ0n) is 16.1. The standard InChI is InChI=1S/C22H28N2O3/c1-17(16-26-2)24-21(25)22(9-12-27-13-10-22)14-18-5-7-19(8-6-18)20-4-3-11-23-15-20/h3-8,11,15,17H,9-10,12-14,16H2,1-2H3,(H,24,25)/t17-/m0/s1. The zero-order valence-corrected chi connectivity index (χ0v) is 16.1. The van der Waals surface area contributed by atoms with Gasteiger partial charge in [0.15, 0.2) is 0 Å². The smallest absolute Gasteiger partial charge is 0.227 e. The van der Waals surface area contributed by atoms with Crippen LogP contribution in [0.25, 0.3) is 11.1 Å². The Morgan fingerprint density at radius 2 is 1.96 bits per heavy atom. The number of hydrogen-bond donors (Lipinski definition) is 1. The van der Waals surface area contributed by atoms with Crippen molar-refractivity contribution in [2.24, 2.45) is 5.41 Å². The van der Waals surface area contributed by atoms with E-state index < -0.39 is 5.41 Å². The largest absolute Gasteiger partial charge is 0.383 e. The third kappa shape index (κ3) is 4.93. The molecule has 0 aliphatic carbocycles. The molecule has 2 heterocycles. The Balaban J connectivity index is 1.75. The van der Waals surface area contributed by atoms with Gasteiger partial charge >= 0.3 is 0 Å². The number of aromatic nitrogens is 1. The fourth-order valence-corrected chi connectivity index (χ4v) is 3.65. The van der Waals surface area contributed by atoms with Gasteiger partial charge in [-0.2, -0.15) is 0 Å². The second-order valence-corrected chi connectivity index (χ2v) is 7.34. The van der Waals surface area contributed by atoms with E-state index in [0.29, 0.717) is 19.8 Å². The van der Waals surface area contributed by atoms with Gasteiger partial charge in [-0.25, -0.2) is 0 Å². The third-order valence-corrected chi connectivity index (χ3v) is 5.22. The van der Waals surface area contributed by atoms with E-state index >= 15 is 0 Å². The predicted molar refractivity (Wildman–Crippen MR) is 105 cm³/mol. The number of benzene rings is 1. The lowest BCUT2D eigenvalue weighted by atomic mass is 9.74. The average Bonchev–Trinajstić information content (AvgIpc) is 2.70. The maximum absolute atomic E-state index is 13.1. The number of ether oxygens (including phenoxy) is 2. The molecule has 1 amide bonds. The van der Waals surface area contributed by atoms with Gasteiger partial charge in [0.2, 0.25) is 5.91 Å². The van der Waals surface area contributed by atoms with E-state index in [-0.39, 0.29) is 11.9 Å². The van der Waals surface area contributed by atoms with E-state index in [0.717, 1.165) is 30.4 Å². The monoisotopic (exact) mass is 368 g/mol. The number of pyridine rings is 1. The van der Waals surface area contributed by atoms with Crippen molar-refractivity contribution in [2.45, 2.75) is 32.2 Å². The van der Waals surface area contributed by atoms with E-state index in [1.165, 1.54) is 5.56 Å². The first kappa shape index (κ1) is 19.5. The highest BCUT2D eigenvalue weighted by molar-refractivity contribution is 5.83. The maximum Gasteiger partial charge on any atom is 0.227 e. The highest BCUT2D eigenvalue weighted by Crippen LogP contribution is 2.35. The molecular weight excluding hydrogens is 340 g/mol. The molecule has 144 valence electrons. The molecule has 1 aromatic carbocycles. The van der Waals surface area contributed by atoms with Gasteiger partial charge < -0.3 is 14.8 Å². The highest BCUT2D eigenvalue weighted by Gasteiger charge is 2.40. The molecule has 1 fully saturated rings. The van der Waals surface area contributed by atoms with E-state index in [9.17, 15) is 4.79 Å². The molecule has 1 aromatic heterocycles. The molecule has 5 nitrogen and oxygen atoms in total. The molecule has 1 N–H and O–H groups in total. The molecule has 5 heteroatoms. The number of rotatable bonds is 7. The summed E-state index contributed by atoms with van der Waals surface area (Å²) in [6.07, 6.45) is 5.83. The summed E-state index contributed by atoms with van der Waals surface area (Å²) in [4.78, 5) is 17.2. The van der Waals surface area contributed by atoms with Gasteiger partial charge in [-0.1, -0.05) is 30.3 Å². The molecule has 3 rings (SSSR count). The molecule has 0 radical (unpaired) electrons. The molecule has 0 saturated carbocycles. The average molecular weight is 368 g/mol. The van der Waals surface area contributed by atoms with Crippen molar-refractivity contribution in [1.82, 2.24) is 10.3 Å². The Bertz CT molecular complexity index is 725. The van der Waals surface area contributed by atoms with Gasteiger partial charge in [-0.3, -0.25) is 9.78 Å². The van der Waals surface area contributed by atoms with Crippen LogP contribution in [0.1, 0.15) is 25.3 Å². The second kappa shape index (κ2) is 9.11. The van der Waals surface area contributed by atoms with Crippen LogP contribution in [-0.2, 0) is 20.7 Å². The quantitative estimate of drug-likeness (QED) is 0.815. The van der Waals surface area contributed by atoms with E-state index in [1.54, 1.807) is 13.3 Å². The second-order valence-electron chi connectivity index (χ2n) is 7.34. The molecule has 1 aliphatic rings. The molecule has 0 spiro atoms. The van der Waals surface area contributed by atoms with Crippen LogP contribution in [-0.4, -0.2) is 43.9 Å². The van der Waals surface area contributed by atoms with Crippen LogP contribution in [0.2, 0.25) is 0 Å². The third-order valence-electron chi connectivity index (χ3n) is 5.22. The first-order valence-electron chi connectivity index (χ1n) is 9.50. The van der Waals surface area contributed by atoms with Crippen LogP contribution >= 0.6 is 0 Å². The van der Waals surface area contributed by atoms with Crippen LogP contribution in [0.5, 0.6) is 0 Å². The van der Waals surface area contributed by atoms with Gasteiger partial charge in [0.25, 0.3) is 0 Å². The number of hydrogen-bond acceptors (Lipinski definition) is 4. The Hall–Kier alpha value is -2.24. The molecule has 2 aromatic rings. The van der Waals surface area contributed by atoms with Gasteiger partial charge in [-0.15, -0.1) is 0 Å². The van der Waals surface area contributed by atoms with Gasteiger partial charge in [-0.05, 0) is 48.9 Å². The first-order chi connectivity index (χ1) is 13.1. The summed E-state index contributed by atoms with van der Waals surface area (Å²) >= 11 is 0. The summed E-state index contributed by atoms with van der Waals surface area (Å²) in [6.45, 7) is 3.73. The number of nitrogens with zero attached hydrogens (tertiary/aromatic N) is 1. The van der Waals surface area contributed by atoms with Gasteiger partial charge in [0, 0.05) is 38.8 Å². The number of carbonyl (C=O) groups excluding carboxylic acids is 1. The van der Waals surface area contributed by atoms with Crippen molar-refractivity contribution >= 4 is 5.91 Å². The zero-order chi connectivity index (χ0) is 19.1. The Kier molecular flexibility index (Phi) is 6.58. The Morgan fingerprint density at radius 3 is 2.59 bits per heavy atom. The van der Waals surface area contributed by atoms with Crippen molar-refractivity contribution in [2.75, 3.05) is 26.9 Å². The fraction of sp³-hybridized carbons (Fsp3) is 0.455. The lowest BCUT2D eigenvalue weighted by molar-refractivity contribution is -0.137. The van der Waals surface area contributed by atoms with Crippen molar-refractivity contribution in [3.63, 3.8) is 0 Å². The first-order valence-corrected chi connectivity index (χ1v) is 9.50. The highest BCUT2D eigenvalue weighted by atomic mass is 16.5. The van der Waals surface area contributed by atoms with Crippen molar-refractivity contribution < 1.29 is 14.3 Å². The predicted octanol–water partition coefficient (Wildman–Crippen LogP) is 3.24. The minimum atomic E-state index is -0.421. The lowest BCUT2D eigenvalue weighted by Gasteiger charge is -2.36. The van der Waals surface area contributed by atoms with Crippen LogP contribution in [0, 0.1) is 5.41 Å². The Labute approximate surface area is 161 Å². The topological polar surface area (TPSA) is 60.5 Å². The fourth-order valence-electron chi connectivity index (χ4n) is 3.65. The summed E-state index contributed by atoms with van der Waals surface area (Å²) in [5.74, 6) is 0.103. The number of methoxy groups -OCH3 is 1. The van der Waals surface area contributed by atoms with Crippen molar-refractivity contribution in [1.29, 1.82) is 0 Å². The van der Waals surface area contributed by atoms with E-state index in [1.807, 2.05) is 25.3 Å².